The van der Waals surface area contributed by atoms with Crippen molar-refractivity contribution in [2.75, 3.05) is 7.05 Å². The molecule has 4 heteroatoms. The highest BCUT2D eigenvalue weighted by Crippen LogP contribution is 2.47. The van der Waals surface area contributed by atoms with Crippen molar-refractivity contribution >= 4 is 11.6 Å². The Hall–Kier alpha value is -2.49. The first-order valence-electron chi connectivity index (χ1n) is 7.75. The van der Waals surface area contributed by atoms with E-state index in [1.54, 1.807) is 13.1 Å². The van der Waals surface area contributed by atoms with Gasteiger partial charge in [-0.25, -0.2) is 0 Å². The highest BCUT2D eigenvalue weighted by atomic mass is 35.5. The Morgan fingerprint density at radius 2 is 1.54 bits per heavy atom. The minimum Gasteiger partial charge on any atom is -0.438 e. The van der Waals surface area contributed by atoms with Gasteiger partial charge in [0.05, 0.1) is 0 Å². The molecule has 1 unspecified atom stereocenters. The molecule has 24 heavy (non-hydrogen) atoms. The lowest BCUT2D eigenvalue weighted by Crippen LogP contribution is -2.32. The highest BCUT2D eigenvalue weighted by Gasteiger charge is 2.27. The molecule has 0 aliphatic carbocycles. The topological polar surface area (TPSA) is 30.5 Å². The number of ether oxygens (including phenoxy) is 2. The van der Waals surface area contributed by atoms with E-state index in [2.05, 4.69) is 29.6 Å². The minimum absolute atomic E-state index is 0.499. The average molecular weight is 338 g/mol. The van der Waals surface area contributed by atoms with Gasteiger partial charge in [-0.3, -0.25) is 5.32 Å². The van der Waals surface area contributed by atoms with Gasteiger partial charge in [0.15, 0.2) is 11.5 Å². The summed E-state index contributed by atoms with van der Waals surface area (Å²) in [4.78, 5) is 0. The largest absolute Gasteiger partial charge is 0.438 e. The molecule has 1 atom stereocenters. The van der Waals surface area contributed by atoms with Crippen LogP contribution >= 0.6 is 11.6 Å². The summed E-state index contributed by atoms with van der Waals surface area (Å²) in [6, 6.07) is 22.2. The van der Waals surface area contributed by atoms with Gasteiger partial charge in [0.1, 0.15) is 0 Å². The third-order valence-electron chi connectivity index (χ3n) is 4.02. The van der Waals surface area contributed by atoms with Crippen molar-refractivity contribution in [3.63, 3.8) is 0 Å². The molecule has 3 aromatic rings. The van der Waals surface area contributed by atoms with Crippen LogP contribution in [0.1, 0.15) is 0 Å². The molecule has 0 amide bonds. The number of fused-ring (bicyclic) bond motifs is 1. The first kappa shape index (κ1) is 15.1. The van der Waals surface area contributed by atoms with E-state index in [4.69, 9.17) is 21.1 Å². The number of hydrogen-bond donors (Lipinski definition) is 1. The summed E-state index contributed by atoms with van der Waals surface area (Å²) in [5.74, 6) is 1.36. The Morgan fingerprint density at radius 3 is 2.29 bits per heavy atom. The second kappa shape index (κ2) is 6.19. The lowest BCUT2D eigenvalue weighted by molar-refractivity contribution is 0.0257. The van der Waals surface area contributed by atoms with E-state index >= 15 is 0 Å². The third kappa shape index (κ3) is 2.62. The minimum atomic E-state index is -0.499. The number of rotatable bonds is 3. The van der Waals surface area contributed by atoms with Gasteiger partial charge in [-0.2, -0.15) is 0 Å². The molecule has 4 rings (SSSR count). The first-order chi connectivity index (χ1) is 11.8. The van der Waals surface area contributed by atoms with Crippen molar-refractivity contribution in [2.24, 2.45) is 0 Å². The summed E-state index contributed by atoms with van der Waals surface area (Å²) in [6.07, 6.45) is -0.499. The smallest absolute Gasteiger partial charge is 0.302 e. The van der Waals surface area contributed by atoms with E-state index in [1.165, 1.54) is 0 Å². The zero-order valence-electron chi connectivity index (χ0n) is 13.1. The fourth-order valence-corrected chi connectivity index (χ4v) is 3.14. The highest BCUT2D eigenvalue weighted by molar-refractivity contribution is 6.31. The SMILES string of the molecule is CNC1Oc2cc(Cl)cc(-c3ccccc3-c3ccccc3)c2O1. The molecule has 3 aromatic carbocycles. The molecule has 0 spiro atoms. The summed E-state index contributed by atoms with van der Waals surface area (Å²) < 4.78 is 11.6. The number of hydrogen-bond acceptors (Lipinski definition) is 3. The van der Waals surface area contributed by atoms with Crippen molar-refractivity contribution in [1.29, 1.82) is 0 Å². The van der Waals surface area contributed by atoms with Gasteiger partial charge in [-0.1, -0.05) is 66.2 Å². The van der Waals surface area contributed by atoms with Gasteiger partial charge < -0.3 is 9.47 Å². The molecule has 0 saturated carbocycles. The van der Waals surface area contributed by atoms with Crippen LogP contribution in [0.25, 0.3) is 22.3 Å². The Labute approximate surface area is 145 Å². The fraction of sp³-hybridized carbons (Fsp3) is 0.100. The Morgan fingerprint density at radius 1 is 0.833 bits per heavy atom. The maximum absolute atomic E-state index is 6.31. The summed E-state index contributed by atoms with van der Waals surface area (Å²) in [7, 11) is 1.79. The molecule has 0 aromatic heterocycles. The van der Waals surface area contributed by atoms with E-state index < -0.39 is 6.41 Å². The molecule has 3 nitrogen and oxygen atoms in total. The summed E-state index contributed by atoms with van der Waals surface area (Å²) in [6.45, 7) is 0. The molecular formula is C20H16ClNO2. The van der Waals surface area contributed by atoms with Crippen LogP contribution in [0.3, 0.4) is 0 Å². The molecule has 1 heterocycles. The lowest BCUT2D eigenvalue weighted by Gasteiger charge is -2.13. The molecule has 1 aliphatic rings. The second-order valence-electron chi connectivity index (χ2n) is 5.55. The standard InChI is InChI=1S/C20H16ClNO2/c1-22-20-23-18-12-14(21)11-17(19(18)24-20)16-10-6-5-9-15(16)13-7-3-2-4-8-13/h2-12,20,22H,1H3. The van der Waals surface area contributed by atoms with Gasteiger partial charge in [-0.15, -0.1) is 0 Å². The fourth-order valence-electron chi connectivity index (χ4n) is 2.93. The van der Waals surface area contributed by atoms with Crippen LogP contribution in [-0.2, 0) is 0 Å². The summed E-state index contributed by atoms with van der Waals surface area (Å²) in [5.41, 5.74) is 4.25. The molecule has 0 bridgehead atoms. The molecule has 0 radical (unpaired) electrons. The second-order valence-corrected chi connectivity index (χ2v) is 5.98. The summed E-state index contributed by atoms with van der Waals surface area (Å²) >= 11 is 6.31. The van der Waals surface area contributed by atoms with Crippen molar-refractivity contribution in [1.82, 2.24) is 5.32 Å². The number of nitrogens with one attached hydrogen (secondary N) is 1. The monoisotopic (exact) mass is 337 g/mol. The zero-order valence-corrected chi connectivity index (χ0v) is 13.9. The molecule has 120 valence electrons. The maximum atomic E-state index is 6.31. The van der Waals surface area contributed by atoms with Crippen molar-refractivity contribution in [3.05, 3.63) is 71.8 Å². The lowest BCUT2D eigenvalue weighted by atomic mass is 9.94. The van der Waals surface area contributed by atoms with E-state index in [0.29, 0.717) is 16.5 Å². The van der Waals surface area contributed by atoms with Gasteiger partial charge in [0.2, 0.25) is 0 Å². The first-order valence-corrected chi connectivity index (χ1v) is 8.13. The molecular weight excluding hydrogens is 322 g/mol. The van der Waals surface area contributed by atoms with Crippen molar-refractivity contribution in [3.8, 4) is 33.8 Å². The average Bonchev–Trinajstić information content (AvgIpc) is 3.05. The Balaban J connectivity index is 1.90. The van der Waals surface area contributed by atoms with Gasteiger partial charge in [0.25, 0.3) is 0 Å². The van der Waals surface area contributed by atoms with Crippen molar-refractivity contribution in [2.45, 2.75) is 6.41 Å². The number of halogens is 1. The van der Waals surface area contributed by atoms with Crippen LogP contribution in [0.15, 0.2) is 66.7 Å². The van der Waals surface area contributed by atoms with E-state index in [9.17, 15) is 0 Å². The van der Waals surface area contributed by atoms with Gasteiger partial charge >= 0.3 is 6.41 Å². The van der Waals surface area contributed by atoms with Crippen LogP contribution in [-0.4, -0.2) is 13.5 Å². The van der Waals surface area contributed by atoms with E-state index in [-0.39, 0.29) is 0 Å². The molecule has 1 aliphatic heterocycles. The Bertz CT molecular complexity index is 880. The predicted molar refractivity (Wildman–Crippen MR) is 96.4 cm³/mol. The summed E-state index contributed by atoms with van der Waals surface area (Å²) in [5, 5.41) is 3.59. The van der Waals surface area contributed by atoms with Crippen LogP contribution in [0.5, 0.6) is 11.5 Å². The maximum Gasteiger partial charge on any atom is 0.302 e. The van der Waals surface area contributed by atoms with Gasteiger partial charge in [-0.05, 0) is 29.8 Å². The van der Waals surface area contributed by atoms with E-state index in [1.807, 2.05) is 36.4 Å². The van der Waals surface area contributed by atoms with Crippen LogP contribution in [0.2, 0.25) is 5.02 Å². The van der Waals surface area contributed by atoms with E-state index in [0.717, 1.165) is 22.3 Å². The normalized spacial score (nSPS) is 15.5. The number of benzene rings is 3. The molecule has 1 N–H and O–H groups in total. The molecule has 0 fully saturated rings. The van der Waals surface area contributed by atoms with Gasteiger partial charge in [0, 0.05) is 16.7 Å². The molecule has 0 saturated heterocycles. The van der Waals surface area contributed by atoms with Crippen LogP contribution in [0.4, 0.5) is 0 Å². The third-order valence-corrected chi connectivity index (χ3v) is 4.23. The predicted octanol–water partition coefficient (Wildman–Crippen LogP) is 4.95. The van der Waals surface area contributed by atoms with Crippen LogP contribution < -0.4 is 14.8 Å². The van der Waals surface area contributed by atoms with Crippen LogP contribution in [0, 0.1) is 0 Å². The van der Waals surface area contributed by atoms with Crippen molar-refractivity contribution < 1.29 is 9.47 Å². The quantitative estimate of drug-likeness (QED) is 0.733. The zero-order chi connectivity index (χ0) is 16.5. The Kier molecular flexibility index (Phi) is 3.89.